The molecule has 176 valence electrons. The number of benzene rings is 2. The lowest BCUT2D eigenvalue weighted by Gasteiger charge is -2.24. The maximum absolute atomic E-state index is 13.2. The molecule has 2 N–H and O–H groups in total. The van der Waals surface area contributed by atoms with Gasteiger partial charge in [-0.05, 0) is 67.3 Å². The molecular weight excluding hydrogens is 462 g/mol. The van der Waals surface area contributed by atoms with Crippen LogP contribution in [0.3, 0.4) is 0 Å². The van der Waals surface area contributed by atoms with Crippen molar-refractivity contribution in [2.24, 2.45) is 0 Å². The lowest BCUT2D eigenvalue weighted by molar-refractivity contribution is -0.117. The Hall–Kier alpha value is -2.68. The summed E-state index contributed by atoms with van der Waals surface area (Å²) < 4.78 is 27.7. The quantitative estimate of drug-likeness (QED) is 0.557. The fraction of sp³-hybridized carbons (Fsp3) is 0.333. The van der Waals surface area contributed by atoms with Gasteiger partial charge in [0.2, 0.25) is 15.9 Å². The van der Waals surface area contributed by atoms with E-state index in [1.807, 2.05) is 12.1 Å². The summed E-state index contributed by atoms with van der Waals surface area (Å²) in [5.41, 5.74) is 1.44. The molecule has 33 heavy (non-hydrogen) atoms. The second-order valence-electron chi connectivity index (χ2n) is 7.93. The SMILES string of the molecule is C=CC(=O)NC1CCCCN(S(=O)(=O)c2ccc(C(=O)NCCc3ccc(Cl)cc3)cc2)C1. The molecule has 0 aromatic heterocycles. The van der Waals surface area contributed by atoms with E-state index in [0.717, 1.165) is 12.0 Å². The van der Waals surface area contributed by atoms with Gasteiger partial charge in [-0.25, -0.2) is 8.42 Å². The summed E-state index contributed by atoms with van der Waals surface area (Å²) >= 11 is 5.88. The summed E-state index contributed by atoms with van der Waals surface area (Å²) in [6, 6.07) is 13.1. The number of nitrogens with zero attached hydrogens (tertiary/aromatic N) is 1. The second kappa shape index (κ2) is 11.4. The van der Waals surface area contributed by atoms with Gasteiger partial charge in [-0.15, -0.1) is 0 Å². The number of amides is 2. The van der Waals surface area contributed by atoms with Gasteiger partial charge in [0.25, 0.3) is 5.91 Å². The Kier molecular flexibility index (Phi) is 8.66. The smallest absolute Gasteiger partial charge is 0.251 e. The Labute approximate surface area is 199 Å². The van der Waals surface area contributed by atoms with E-state index in [1.165, 1.54) is 34.6 Å². The first-order valence-corrected chi connectivity index (χ1v) is 12.7. The zero-order valence-electron chi connectivity index (χ0n) is 18.3. The van der Waals surface area contributed by atoms with Gasteiger partial charge in [0.15, 0.2) is 0 Å². The Morgan fingerprint density at radius 1 is 1.09 bits per heavy atom. The second-order valence-corrected chi connectivity index (χ2v) is 10.3. The van der Waals surface area contributed by atoms with Crippen LogP contribution in [0.25, 0.3) is 0 Å². The molecule has 0 radical (unpaired) electrons. The van der Waals surface area contributed by atoms with Crippen LogP contribution in [-0.4, -0.2) is 50.2 Å². The topological polar surface area (TPSA) is 95.6 Å². The molecule has 1 heterocycles. The van der Waals surface area contributed by atoms with Crippen LogP contribution in [-0.2, 0) is 21.2 Å². The third-order valence-corrected chi connectivity index (χ3v) is 7.66. The first-order chi connectivity index (χ1) is 15.8. The molecule has 0 aliphatic carbocycles. The van der Waals surface area contributed by atoms with Crippen molar-refractivity contribution in [2.45, 2.75) is 36.6 Å². The third-order valence-electron chi connectivity index (χ3n) is 5.53. The van der Waals surface area contributed by atoms with Crippen LogP contribution in [0.2, 0.25) is 5.02 Å². The summed E-state index contributed by atoms with van der Waals surface area (Å²) in [7, 11) is -3.75. The van der Waals surface area contributed by atoms with Gasteiger partial charge in [-0.1, -0.05) is 36.7 Å². The predicted molar refractivity (Wildman–Crippen MR) is 129 cm³/mol. The molecule has 1 aliphatic heterocycles. The Bertz CT molecular complexity index is 1090. The van der Waals surface area contributed by atoms with Crippen molar-refractivity contribution >= 4 is 33.4 Å². The van der Waals surface area contributed by atoms with Crippen LogP contribution >= 0.6 is 11.6 Å². The first kappa shape index (κ1) is 25.0. The number of hydrogen-bond donors (Lipinski definition) is 2. The zero-order valence-corrected chi connectivity index (χ0v) is 19.9. The van der Waals surface area contributed by atoms with Gasteiger partial charge in [0.1, 0.15) is 0 Å². The molecule has 7 nitrogen and oxygen atoms in total. The maximum Gasteiger partial charge on any atom is 0.251 e. The predicted octanol–water partition coefficient (Wildman–Crippen LogP) is 3.16. The van der Waals surface area contributed by atoms with Gasteiger partial charge in [0, 0.05) is 36.3 Å². The molecule has 2 aromatic rings. The van der Waals surface area contributed by atoms with E-state index in [4.69, 9.17) is 11.6 Å². The zero-order chi connectivity index (χ0) is 23.8. The van der Waals surface area contributed by atoms with E-state index < -0.39 is 10.0 Å². The van der Waals surface area contributed by atoms with Crippen LogP contribution in [0, 0.1) is 0 Å². The molecule has 1 aliphatic rings. The minimum Gasteiger partial charge on any atom is -0.352 e. The van der Waals surface area contributed by atoms with E-state index >= 15 is 0 Å². The minimum atomic E-state index is -3.75. The number of halogens is 1. The normalized spacial score (nSPS) is 17.1. The highest BCUT2D eigenvalue weighted by Crippen LogP contribution is 2.21. The number of carbonyl (C=O) groups excluding carboxylic acids is 2. The maximum atomic E-state index is 13.2. The highest BCUT2D eigenvalue weighted by Gasteiger charge is 2.29. The molecule has 3 rings (SSSR count). The van der Waals surface area contributed by atoms with Gasteiger partial charge in [-0.3, -0.25) is 9.59 Å². The third kappa shape index (κ3) is 6.90. The van der Waals surface area contributed by atoms with Crippen LogP contribution in [0.4, 0.5) is 0 Å². The average molecular weight is 490 g/mol. The van der Waals surface area contributed by atoms with E-state index in [9.17, 15) is 18.0 Å². The number of carbonyl (C=O) groups is 2. The monoisotopic (exact) mass is 489 g/mol. The molecule has 0 spiro atoms. The van der Waals surface area contributed by atoms with Crippen molar-refractivity contribution in [3.8, 4) is 0 Å². The molecule has 0 saturated carbocycles. The number of nitrogens with one attached hydrogen (secondary N) is 2. The molecule has 1 fully saturated rings. The van der Waals surface area contributed by atoms with Crippen molar-refractivity contribution in [3.63, 3.8) is 0 Å². The fourth-order valence-corrected chi connectivity index (χ4v) is 5.35. The molecule has 0 bridgehead atoms. The summed E-state index contributed by atoms with van der Waals surface area (Å²) in [4.78, 5) is 24.2. The standard InChI is InChI=1S/C24H28ClN3O4S/c1-2-23(29)27-21-5-3-4-16-28(17-21)33(31,32)22-12-8-19(9-13-22)24(30)26-15-14-18-6-10-20(25)11-7-18/h2,6-13,21H,1,3-5,14-17H2,(H,26,30)(H,27,29). The summed E-state index contributed by atoms with van der Waals surface area (Å²) in [6.45, 7) is 4.48. The van der Waals surface area contributed by atoms with Crippen molar-refractivity contribution in [1.29, 1.82) is 0 Å². The van der Waals surface area contributed by atoms with Crippen molar-refractivity contribution < 1.29 is 18.0 Å². The summed E-state index contributed by atoms with van der Waals surface area (Å²) in [5.74, 6) is -0.583. The average Bonchev–Trinajstić information content (AvgIpc) is 3.06. The van der Waals surface area contributed by atoms with Gasteiger partial charge in [-0.2, -0.15) is 4.31 Å². The fourth-order valence-electron chi connectivity index (χ4n) is 3.70. The van der Waals surface area contributed by atoms with Gasteiger partial charge < -0.3 is 10.6 Å². The molecule has 9 heteroatoms. The van der Waals surface area contributed by atoms with Gasteiger partial charge >= 0.3 is 0 Å². The Balaban J connectivity index is 1.61. The number of sulfonamides is 1. The highest BCUT2D eigenvalue weighted by molar-refractivity contribution is 7.89. The van der Waals surface area contributed by atoms with Crippen LogP contribution in [0.15, 0.2) is 66.1 Å². The highest BCUT2D eigenvalue weighted by atomic mass is 35.5. The van der Waals surface area contributed by atoms with Crippen LogP contribution in [0.1, 0.15) is 35.2 Å². The van der Waals surface area contributed by atoms with Crippen LogP contribution < -0.4 is 10.6 Å². The first-order valence-electron chi connectivity index (χ1n) is 10.9. The van der Waals surface area contributed by atoms with Crippen molar-refractivity contribution in [1.82, 2.24) is 14.9 Å². The summed E-state index contributed by atoms with van der Waals surface area (Å²) in [5, 5.41) is 6.30. The number of hydrogen-bond acceptors (Lipinski definition) is 4. The molecule has 1 atom stereocenters. The molecule has 2 aromatic carbocycles. The van der Waals surface area contributed by atoms with Crippen molar-refractivity contribution in [2.75, 3.05) is 19.6 Å². The largest absolute Gasteiger partial charge is 0.352 e. The Morgan fingerprint density at radius 3 is 2.45 bits per heavy atom. The summed E-state index contributed by atoms with van der Waals surface area (Å²) in [6.07, 6.45) is 4.09. The molecule has 2 amide bonds. The van der Waals surface area contributed by atoms with Crippen molar-refractivity contribution in [3.05, 3.63) is 77.3 Å². The van der Waals surface area contributed by atoms with Crippen LogP contribution in [0.5, 0.6) is 0 Å². The molecule has 1 saturated heterocycles. The molecular formula is C24H28ClN3O4S. The molecule has 1 unspecified atom stereocenters. The lowest BCUT2D eigenvalue weighted by Crippen LogP contribution is -2.44. The number of rotatable bonds is 8. The van der Waals surface area contributed by atoms with E-state index in [-0.39, 0.29) is 29.3 Å². The Morgan fingerprint density at radius 2 is 1.79 bits per heavy atom. The van der Waals surface area contributed by atoms with E-state index in [1.54, 1.807) is 12.1 Å². The van der Waals surface area contributed by atoms with E-state index in [0.29, 0.717) is 42.9 Å². The lowest BCUT2D eigenvalue weighted by atomic mass is 10.1. The van der Waals surface area contributed by atoms with Gasteiger partial charge in [0.05, 0.1) is 4.90 Å². The van der Waals surface area contributed by atoms with E-state index in [2.05, 4.69) is 17.2 Å². The minimum absolute atomic E-state index is 0.121.